The summed E-state index contributed by atoms with van der Waals surface area (Å²) in [6.07, 6.45) is 5.50. The highest BCUT2D eigenvalue weighted by Crippen LogP contribution is 2.46. The fourth-order valence-corrected chi connectivity index (χ4v) is 5.75. The smallest absolute Gasteiger partial charge is 0.338 e. The first-order valence-corrected chi connectivity index (χ1v) is 12.9. The second-order valence-corrected chi connectivity index (χ2v) is 10.4. The first-order valence-electron chi connectivity index (χ1n) is 12.9. The standard InChI is InChI=1S/C28H34N4O4/c1-17-14-18(2)32-27(29-17)30-25(31-32)15-23-24(34)16-28(36-26(23)35,22-6-4-5-7-22)13-12-20-8-10-21(11-9-20)19(3)33/h8-11,14,19,22,33-34H,4-7,12-13,15-16H2,1-3H3/t19-,28?/m1/s1. The molecule has 2 aromatic heterocycles. The third-order valence-electron chi connectivity index (χ3n) is 7.75. The molecule has 1 aliphatic heterocycles. The van der Waals surface area contributed by atoms with Crippen molar-refractivity contribution in [2.75, 3.05) is 0 Å². The Morgan fingerprint density at radius 2 is 1.89 bits per heavy atom. The number of hydrogen-bond acceptors (Lipinski definition) is 7. The minimum absolute atomic E-state index is 0.0855. The number of nitrogens with zero attached hydrogens (tertiary/aromatic N) is 4. The van der Waals surface area contributed by atoms with E-state index in [4.69, 9.17) is 4.74 Å². The first kappa shape index (κ1) is 24.4. The van der Waals surface area contributed by atoms with Gasteiger partial charge in [0.2, 0.25) is 0 Å². The SMILES string of the molecule is Cc1cc(C)n2nc(CC3=C(O)CC(CCc4ccc([C@@H](C)O)cc4)(C4CCCC4)OC3=O)nc2n1. The number of cyclic esters (lactones) is 1. The number of esters is 1. The third-order valence-corrected chi connectivity index (χ3v) is 7.75. The number of carbonyl (C=O) groups is 1. The van der Waals surface area contributed by atoms with Crippen LogP contribution in [0.1, 0.15) is 79.9 Å². The fourth-order valence-electron chi connectivity index (χ4n) is 5.75. The molecule has 190 valence electrons. The van der Waals surface area contributed by atoms with E-state index in [2.05, 4.69) is 15.1 Å². The third kappa shape index (κ3) is 4.74. The summed E-state index contributed by atoms with van der Waals surface area (Å²) in [5.74, 6) is 0.747. The zero-order chi connectivity index (χ0) is 25.4. The Balaban J connectivity index is 1.38. The van der Waals surface area contributed by atoms with E-state index in [-0.39, 0.29) is 23.7 Å². The van der Waals surface area contributed by atoms with Crippen LogP contribution in [0.5, 0.6) is 0 Å². The van der Waals surface area contributed by atoms with Gasteiger partial charge in [-0.15, -0.1) is 5.10 Å². The molecule has 2 N–H and O–H groups in total. The monoisotopic (exact) mass is 490 g/mol. The maximum absolute atomic E-state index is 13.3. The molecule has 3 aromatic rings. The van der Waals surface area contributed by atoms with Crippen LogP contribution < -0.4 is 0 Å². The number of aryl methyl sites for hydroxylation is 3. The van der Waals surface area contributed by atoms with Crippen molar-refractivity contribution in [3.63, 3.8) is 0 Å². The van der Waals surface area contributed by atoms with Crippen molar-refractivity contribution in [1.29, 1.82) is 0 Å². The van der Waals surface area contributed by atoms with Crippen LogP contribution in [0, 0.1) is 19.8 Å². The summed E-state index contributed by atoms with van der Waals surface area (Å²) in [7, 11) is 0. The summed E-state index contributed by atoms with van der Waals surface area (Å²) in [5.41, 5.74) is 3.26. The predicted molar refractivity (Wildman–Crippen MR) is 134 cm³/mol. The van der Waals surface area contributed by atoms with Gasteiger partial charge in [0, 0.05) is 24.2 Å². The number of aliphatic hydroxyl groups is 2. The molecular weight excluding hydrogens is 456 g/mol. The van der Waals surface area contributed by atoms with Crippen molar-refractivity contribution in [2.24, 2.45) is 5.92 Å². The second-order valence-electron chi connectivity index (χ2n) is 10.4. The molecule has 0 saturated heterocycles. The molecule has 1 aliphatic carbocycles. The van der Waals surface area contributed by atoms with Crippen molar-refractivity contribution in [3.05, 3.63) is 70.0 Å². The maximum Gasteiger partial charge on any atom is 0.338 e. The lowest BCUT2D eigenvalue weighted by Crippen LogP contribution is -2.46. The van der Waals surface area contributed by atoms with Crippen LogP contribution in [0.4, 0.5) is 0 Å². The van der Waals surface area contributed by atoms with E-state index in [0.717, 1.165) is 54.6 Å². The molecule has 8 nitrogen and oxygen atoms in total. The number of aromatic nitrogens is 4. The van der Waals surface area contributed by atoms with Crippen LogP contribution in [0.3, 0.4) is 0 Å². The maximum atomic E-state index is 13.3. The summed E-state index contributed by atoms with van der Waals surface area (Å²) in [4.78, 5) is 22.2. The van der Waals surface area contributed by atoms with Gasteiger partial charge >= 0.3 is 5.97 Å². The van der Waals surface area contributed by atoms with Gasteiger partial charge in [0.25, 0.3) is 5.78 Å². The van der Waals surface area contributed by atoms with Crippen LogP contribution in [-0.2, 0) is 22.4 Å². The zero-order valence-electron chi connectivity index (χ0n) is 21.2. The average molecular weight is 491 g/mol. The Bertz CT molecular complexity index is 1310. The van der Waals surface area contributed by atoms with E-state index >= 15 is 0 Å². The number of hydrogen-bond donors (Lipinski definition) is 2. The molecule has 0 radical (unpaired) electrons. The van der Waals surface area contributed by atoms with Crippen LogP contribution in [-0.4, -0.2) is 41.4 Å². The van der Waals surface area contributed by atoms with Gasteiger partial charge < -0.3 is 14.9 Å². The van der Waals surface area contributed by atoms with E-state index in [9.17, 15) is 15.0 Å². The van der Waals surface area contributed by atoms with Crippen molar-refractivity contribution in [2.45, 2.75) is 83.8 Å². The summed E-state index contributed by atoms with van der Waals surface area (Å²) in [6.45, 7) is 5.58. The highest BCUT2D eigenvalue weighted by atomic mass is 16.6. The van der Waals surface area contributed by atoms with Gasteiger partial charge in [0.15, 0.2) is 5.82 Å². The summed E-state index contributed by atoms with van der Waals surface area (Å²) in [6, 6.07) is 9.83. The molecule has 5 rings (SSSR count). The van der Waals surface area contributed by atoms with E-state index in [1.54, 1.807) is 11.4 Å². The van der Waals surface area contributed by atoms with Gasteiger partial charge in [0.05, 0.1) is 11.7 Å². The van der Waals surface area contributed by atoms with Crippen LogP contribution >= 0.6 is 0 Å². The second kappa shape index (κ2) is 9.65. The van der Waals surface area contributed by atoms with Gasteiger partial charge in [-0.05, 0) is 69.6 Å². The predicted octanol–water partition coefficient (Wildman–Crippen LogP) is 4.66. The lowest BCUT2D eigenvalue weighted by molar-refractivity contribution is -0.167. The summed E-state index contributed by atoms with van der Waals surface area (Å²) in [5, 5.41) is 25.4. The Hall–Kier alpha value is -3.26. The van der Waals surface area contributed by atoms with Gasteiger partial charge in [-0.25, -0.2) is 14.3 Å². The molecule has 0 amide bonds. The van der Waals surface area contributed by atoms with Crippen molar-refractivity contribution in [1.82, 2.24) is 19.6 Å². The molecule has 0 spiro atoms. The van der Waals surface area contributed by atoms with E-state index in [0.29, 0.717) is 24.4 Å². The molecule has 1 fully saturated rings. The van der Waals surface area contributed by atoms with Crippen molar-refractivity contribution < 1.29 is 19.7 Å². The van der Waals surface area contributed by atoms with Crippen molar-refractivity contribution >= 4 is 11.7 Å². The number of fused-ring (bicyclic) bond motifs is 1. The molecule has 1 unspecified atom stereocenters. The molecule has 0 bridgehead atoms. The minimum atomic E-state index is -0.717. The Labute approximate surface area is 211 Å². The van der Waals surface area contributed by atoms with Crippen molar-refractivity contribution in [3.8, 4) is 0 Å². The van der Waals surface area contributed by atoms with E-state index in [1.807, 2.05) is 44.2 Å². The van der Waals surface area contributed by atoms with Crippen LogP contribution in [0.2, 0.25) is 0 Å². The summed E-state index contributed by atoms with van der Waals surface area (Å²) >= 11 is 0. The quantitative estimate of drug-likeness (QED) is 0.464. The molecular formula is C28H34N4O4. The van der Waals surface area contributed by atoms with Gasteiger partial charge in [-0.3, -0.25) is 0 Å². The molecule has 2 atom stereocenters. The van der Waals surface area contributed by atoms with Crippen LogP contribution in [0.15, 0.2) is 41.7 Å². The molecule has 8 heteroatoms. The highest BCUT2D eigenvalue weighted by molar-refractivity contribution is 5.90. The molecule has 2 aliphatic rings. The zero-order valence-corrected chi connectivity index (χ0v) is 21.2. The van der Waals surface area contributed by atoms with Gasteiger partial charge in [-0.1, -0.05) is 37.1 Å². The Morgan fingerprint density at radius 3 is 2.56 bits per heavy atom. The lowest BCUT2D eigenvalue weighted by atomic mass is 9.76. The normalized spacial score (nSPS) is 21.8. The largest absolute Gasteiger partial charge is 0.512 e. The molecule has 1 aromatic carbocycles. The molecule has 1 saturated carbocycles. The number of ether oxygens (including phenoxy) is 1. The number of aliphatic hydroxyl groups excluding tert-OH is 2. The molecule has 3 heterocycles. The first-order chi connectivity index (χ1) is 17.2. The Kier molecular flexibility index (Phi) is 6.55. The average Bonchev–Trinajstić information content (AvgIpc) is 3.51. The Morgan fingerprint density at radius 1 is 1.17 bits per heavy atom. The number of rotatable bonds is 7. The molecule has 36 heavy (non-hydrogen) atoms. The fraction of sp³-hybridized carbons (Fsp3) is 0.500. The lowest BCUT2D eigenvalue weighted by Gasteiger charge is -2.41. The number of carbonyl (C=O) groups excluding carboxylic acids is 1. The summed E-state index contributed by atoms with van der Waals surface area (Å²) < 4.78 is 7.89. The topological polar surface area (TPSA) is 110 Å². The number of benzene rings is 1. The van der Waals surface area contributed by atoms with E-state index < -0.39 is 17.7 Å². The van der Waals surface area contributed by atoms with Gasteiger partial charge in [-0.2, -0.15) is 4.98 Å². The highest BCUT2D eigenvalue weighted by Gasteiger charge is 2.48. The minimum Gasteiger partial charge on any atom is -0.512 e. The van der Waals surface area contributed by atoms with Gasteiger partial charge in [0.1, 0.15) is 11.4 Å². The van der Waals surface area contributed by atoms with Crippen LogP contribution in [0.25, 0.3) is 5.78 Å². The van der Waals surface area contributed by atoms with E-state index in [1.165, 1.54) is 0 Å².